The highest BCUT2D eigenvalue weighted by Gasteiger charge is 2.31. The molecule has 2 aliphatic rings. The quantitative estimate of drug-likeness (QED) is 0.818. The Morgan fingerprint density at radius 2 is 1.93 bits per heavy atom. The number of anilines is 1. The second kappa shape index (κ2) is 7.10. The Labute approximate surface area is 157 Å². The molecule has 27 heavy (non-hydrogen) atoms. The number of benzene rings is 2. The number of rotatable bonds is 6. The number of aromatic hydroxyl groups is 1. The van der Waals surface area contributed by atoms with E-state index in [1.807, 2.05) is 31.2 Å². The molecule has 2 aromatic carbocycles. The smallest absolute Gasteiger partial charge is 0.223 e. The summed E-state index contributed by atoms with van der Waals surface area (Å²) in [4.78, 5) is 14.0. The molecule has 2 aromatic rings. The Balaban J connectivity index is 1.29. The molecule has 4 rings (SSSR count). The summed E-state index contributed by atoms with van der Waals surface area (Å²) in [5, 5.41) is 12.3. The van der Waals surface area contributed by atoms with Gasteiger partial charge in [0.2, 0.25) is 5.91 Å². The number of amides is 1. The van der Waals surface area contributed by atoms with Crippen molar-refractivity contribution in [1.29, 1.82) is 0 Å². The monoisotopic (exact) mass is 370 g/mol. The second-order valence-electron chi connectivity index (χ2n) is 7.36. The third kappa shape index (κ3) is 3.99. The van der Waals surface area contributed by atoms with Crippen LogP contribution in [0.3, 0.4) is 0 Å². The molecular weight excluding hydrogens is 347 g/mol. The van der Waals surface area contributed by atoms with E-state index in [2.05, 4.69) is 10.2 Å². The average molecular weight is 370 g/mol. The van der Waals surface area contributed by atoms with E-state index in [-0.39, 0.29) is 35.5 Å². The van der Waals surface area contributed by atoms with Gasteiger partial charge in [0.15, 0.2) is 11.6 Å². The number of phenolic OH excluding ortho intramolecular Hbond substituents is 1. The Morgan fingerprint density at radius 3 is 2.56 bits per heavy atom. The highest BCUT2D eigenvalue weighted by molar-refractivity contribution is 5.81. The first-order valence-corrected chi connectivity index (χ1v) is 9.30. The third-order valence-electron chi connectivity index (χ3n) is 5.12. The maximum absolute atomic E-state index is 13.7. The van der Waals surface area contributed by atoms with E-state index < -0.39 is 5.82 Å². The first-order valence-electron chi connectivity index (χ1n) is 9.30. The molecule has 1 amide bonds. The van der Waals surface area contributed by atoms with E-state index in [0.717, 1.165) is 30.2 Å². The van der Waals surface area contributed by atoms with Crippen molar-refractivity contribution in [3.8, 4) is 11.5 Å². The predicted molar refractivity (Wildman–Crippen MR) is 100 cm³/mol. The zero-order valence-electron chi connectivity index (χ0n) is 15.2. The number of ether oxygens (including phenoxy) is 1. The molecule has 0 bridgehead atoms. The van der Waals surface area contributed by atoms with Crippen LogP contribution in [0.25, 0.3) is 0 Å². The SMILES string of the molecule is C[C@H](NC(=O)C1CC1)c1ccc(N2CC(Oc3ccc(O)cc3F)C2)cc1. The van der Waals surface area contributed by atoms with E-state index in [9.17, 15) is 14.3 Å². The zero-order valence-corrected chi connectivity index (χ0v) is 15.2. The first-order chi connectivity index (χ1) is 13.0. The van der Waals surface area contributed by atoms with Crippen LogP contribution in [0.2, 0.25) is 0 Å². The zero-order chi connectivity index (χ0) is 19.0. The molecule has 1 heterocycles. The van der Waals surface area contributed by atoms with Crippen molar-refractivity contribution < 1.29 is 19.0 Å². The Kier molecular flexibility index (Phi) is 4.64. The van der Waals surface area contributed by atoms with Crippen molar-refractivity contribution in [2.24, 2.45) is 5.92 Å². The van der Waals surface area contributed by atoms with Crippen molar-refractivity contribution in [2.75, 3.05) is 18.0 Å². The van der Waals surface area contributed by atoms with E-state index >= 15 is 0 Å². The summed E-state index contributed by atoms with van der Waals surface area (Å²) in [6, 6.07) is 12.0. The number of hydrogen-bond acceptors (Lipinski definition) is 4. The van der Waals surface area contributed by atoms with Gasteiger partial charge in [0.1, 0.15) is 11.9 Å². The molecule has 6 heteroatoms. The molecule has 0 aromatic heterocycles. The summed E-state index contributed by atoms with van der Waals surface area (Å²) >= 11 is 0. The summed E-state index contributed by atoms with van der Waals surface area (Å²) in [5.41, 5.74) is 2.15. The average Bonchev–Trinajstić information content (AvgIpc) is 3.44. The second-order valence-corrected chi connectivity index (χ2v) is 7.36. The number of carbonyl (C=O) groups is 1. The molecule has 0 radical (unpaired) electrons. The van der Waals surface area contributed by atoms with E-state index in [0.29, 0.717) is 13.1 Å². The van der Waals surface area contributed by atoms with Gasteiger partial charge in [-0.2, -0.15) is 0 Å². The van der Waals surface area contributed by atoms with Crippen LogP contribution in [0.1, 0.15) is 31.4 Å². The fourth-order valence-electron chi connectivity index (χ4n) is 3.22. The number of phenols is 1. The number of carbonyl (C=O) groups excluding carboxylic acids is 1. The Bertz CT molecular complexity index is 830. The van der Waals surface area contributed by atoms with Crippen LogP contribution in [0, 0.1) is 11.7 Å². The molecule has 2 N–H and O–H groups in total. The third-order valence-corrected chi connectivity index (χ3v) is 5.12. The van der Waals surface area contributed by atoms with Crippen molar-refractivity contribution in [3.63, 3.8) is 0 Å². The van der Waals surface area contributed by atoms with Gasteiger partial charge in [-0.1, -0.05) is 12.1 Å². The van der Waals surface area contributed by atoms with Gasteiger partial charge in [-0.05, 0) is 49.6 Å². The molecule has 1 saturated carbocycles. The van der Waals surface area contributed by atoms with Crippen LogP contribution in [0.15, 0.2) is 42.5 Å². The maximum atomic E-state index is 13.7. The van der Waals surface area contributed by atoms with Crippen molar-refractivity contribution >= 4 is 11.6 Å². The lowest BCUT2D eigenvalue weighted by Gasteiger charge is -2.40. The van der Waals surface area contributed by atoms with Crippen LogP contribution in [-0.2, 0) is 4.79 Å². The lowest BCUT2D eigenvalue weighted by atomic mass is 10.1. The molecular formula is C21H23FN2O3. The fourth-order valence-corrected chi connectivity index (χ4v) is 3.22. The molecule has 142 valence electrons. The minimum Gasteiger partial charge on any atom is -0.508 e. The number of hydrogen-bond donors (Lipinski definition) is 2. The van der Waals surface area contributed by atoms with Gasteiger partial charge in [-0.25, -0.2) is 4.39 Å². The molecule has 1 atom stereocenters. The van der Waals surface area contributed by atoms with Crippen LogP contribution in [0.5, 0.6) is 11.5 Å². The van der Waals surface area contributed by atoms with Crippen LogP contribution in [0.4, 0.5) is 10.1 Å². The highest BCUT2D eigenvalue weighted by atomic mass is 19.1. The number of nitrogens with zero attached hydrogens (tertiary/aromatic N) is 1. The predicted octanol–water partition coefficient (Wildman–Crippen LogP) is 3.39. The van der Waals surface area contributed by atoms with Gasteiger partial charge in [-0.15, -0.1) is 0 Å². The topological polar surface area (TPSA) is 61.8 Å². The minimum absolute atomic E-state index is 0.00269. The van der Waals surface area contributed by atoms with Crippen LogP contribution < -0.4 is 15.0 Å². The first kappa shape index (κ1) is 17.6. The summed E-state index contributed by atoms with van der Waals surface area (Å²) in [5.74, 6) is -0.148. The van der Waals surface area contributed by atoms with Gasteiger partial charge in [-0.3, -0.25) is 4.79 Å². The number of halogens is 1. The van der Waals surface area contributed by atoms with E-state index in [1.165, 1.54) is 12.1 Å². The molecule has 5 nitrogen and oxygen atoms in total. The highest BCUT2D eigenvalue weighted by Crippen LogP contribution is 2.31. The normalized spacial score (nSPS) is 17.9. The molecule has 0 spiro atoms. The van der Waals surface area contributed by atoms with E-state index in [1.54, 1.807) is 0 Å². The largest absolute Gasteiger partial charge is 0.508 e. The standard InChI is InChI=1S/C21H23FN2O3/c1-13(23-21(26)15-2-3-15)14-4-6-16(7-5-14)24-11-18(12-24)27-20-9-8-17(25)10-19(20)22/h4-10,13,15,18,25H,2-3,11-12H2,1H3,(H,23,26)/t13-/m0/s1. The molecule has 1 saturated heterocycles. The van der Waals surface area contributed by atoms with Crippen molar-refractivity contribution in [1.82, 2.24) is 5.32 Å². The Morgan fingerprint density at radius 1 is 1.22 bits per heavy atom. The van der Waals surface area contributed by atoms with Crippen molar-refractivity contribution in [3.05, 3.63) is 53.8 Å². The van der Waals surface area contributed by atoms with Gasteiger partial charge in [0.05, 0.1) is 19.1 Å². The summed E-state index contributed by atoms with van der Waals surface area (Å²) in [7, 11) is 0. The van der Waals surface area contributed by atoms with Gasteiger partial charge in [0, 0.05) is 17.7 Å². The molecule has 1 aliphatic carbocycles. The van der Waals surface area contributed by atoms with Gasteiger partial charge < -0.3 is 20.1 Å². The fraction of sp³-hybridized carbons (Fsp3) is 0.381. The summed E-state index contributed by atoms with van der Waals surface area (Å²) in [6.45, 7) is 3.34. The van der Waals surface area contributed by atoms with Crippen LogP contribution >= 0.6 is 0 Å². The summed E-state index contributed by atoms with van der Waals surface area (Å²) in [6.07, 6.45) is 1.92. The molecule has 1 aliphatic heterocycles. The Hall–Kier alpha value is -2.76. The van der Waals surface area contributed by atoms with Crippen LogP contribution in [-0.4, -0.2) is 30.2 Å². The lowest BCUT2D eigenvalue weighted by Crippen LogP contribution is -2.54. The lowest BCUT2D eigenvalue weighted by molar-refractivity contribution is -0.122. The van der Waals surface area contributed by atoms with Gasteiger partial charge in [0.25, 0.3) is 0 Å². The maximum Gasteiger partial charge on any atom is 0.223 e. The molecule has 2 fully saturated rings. The minimum atomic E-state index is -0.556. The van der Waals surface area contributed by atoms with E-state index in [4.69, 9.17) is 4.74 Å². The summed E-state index contributed by atoms with van der Waals surface area (Å²) < 4.78 is 19.4. The number of nitrogens with one attached hydrogen (secondary N) is 1. The van der Waals surface area contributed by atoms with Gasteiger partial charge >= 0.3 is 0 Å². The molecule has 0 unspecified atom stereocenters. The van der Waals surface area contributed by atoms with Crippen molar-refractivity contribution in [2.45, 2.75) is 31.9 Å².